The predicted molar refractivity (Wildman–Crippen MR) is 74.1 cm³/mol. The highest BCUT2D eigenvalue weighted by atomic mass is 35.5. The quantitative estimate of drug-likeness (QED) is 0.638. The zero-order chi connectivity index (χ0) is 14.6. The maximum atomic E-state index is 12.7. The number of nitrogens with one attached hydrogen (secondary N) is 1. The topological polar surface area (TPSA) is 24.4 Å². The van der Waals surface area contributed by atoms with Crippen LogP contribution in [0.2, 0.25) is 5.02 Å². The summed E-state index contributed by atoms with van der Waals surface area (Å²) in [5.74, 6) is 0. The third-order valence-corrected chi connectivity index (χ3v) is 2.76. The summed E-state index contributed by atoms with van der Waals surface area (Å²) in [4.78, 5) is 0. The van der Waals surface area contributed by atoms with Gasteiger partial charge in [0.25, 0.3) is 0 Å². The molecule has 104 valence electrons. The van der Waals surface area contributed by atoms with Crippen molar-refractivity contribution in [1.29, 1.82) is 0 Å². The number of hydrazone groups is 1. The number of anilines is 1. The number of alkyl halides is 3. The van der Waals surface area contributed by atoms with E-state index in [9.17, 15) is 13.2 Å². The van der Waals surface area contributed by atoms with Crippen molar-refractivity contribution in [2.75, 3.05) is 5.43 Å². The standard InChI is InChI=1S/C14H10ClF3N2/c15-11-5-7-12(8-6-11)20-19-9-10-3-1-2-4-13(10)14(16,17)18/h1-9,20H/b19-9-. The van der Waals surface area contributed by atoms with E-state index >= 15 is 0 Å². The van der Waals surface area contributed by atoms with Gasteiger partial charge in [-0.15, -0.1) is 0 Å². The molecule has 2 nitrogen and oxygen atoms in total. The monoisotopic (exact) mass is 298 g/mol. The van der Waals surface area contributed by atoms with E-state index in [4.69, 9.17) is 11.6 Å². The Kier molecular flexibility index (Phi) is 4.29. The highest BCUT2D eigenvalue weighted by Crippen LogP contribution is 2.31. The van der Waals surface area contributed by atoms with E-state index in [1.54, 1.807) is 24.3 Å². The largest absolute Gasteiger partial charge is 0.417 e. The molecule has 0 amide bonds. The number of nitrogens with zero attached hydrogens (tertiary/aromatic N) is 1. The van der Waals surface area contributed by atoms with E-state index in [0.29, 0.717) is 10.7 Å². The number of rotatable bonds is 3. The second-order valence-electron chi connectivity index (χ2n) is 3.96. The van der Waals surface area contributed by atoms with Gasteiger partial charge in [-0.05, 0) is 30.3 Å². The second-order valence-corrected chi connectivity index (χ2v) is 4.40. The van der Waals surface area contributed by atoms with Gasteiger partial charge in [0.05, 0.1) is 17.5 Å². The normalized spacial score (nSPS) is 11.8. The lowest BCUT2D eigenvalue weighted by Gasteiger charge is -2.09. The summed E-state index contributed by atoms with van der Waals surface area (Å²) in [6.45, 7) is 0. The average molecular weight is 299 g/mol. The van der Waals surface area contributed by atoms with E-state index in [1.807, 2.05) is 0 Å². The van der Waals surface area contributed by atoms with Crippen LogP contribution in [0.4, 0.5) is 18.9 Å². The molecule has 0 saturated heterocycles. The molecule has 0 aliphatic carbocycles. The van der Waals surface area contributed by atoms with Crippen LogP contribution >= 0.6 is 11.6 Å². The average Bonchev–Trinajstić information content (AvgIpc) is 2.40. The fourth-order valence-electron chi connectivity index (χ4n) is 1.57. The van der Waals surface area contributed by atoms with Gasteiger partial charge in [0.1, 0.15) is 0 Å². The Labute approximate surface area is 118 Å². The van der Waals surface area contributed by atoms with Crippen LogP contribution < -0.4 is 5.43 Å². The molecule has 20 heavy (non-hydrogen) atoms. The van der Waals surface area contributed by atoms with Crippen molar-refractivity contribution >= 4 is 23.5 Å². The van der Waals surface area contributed by atoms with E-state index < -0.39 is 11.7 Å². The molecule has 0 aliphatic heterocycles. The van der Waals surface area contributed by atoms with Crippen molar-refractivity contribution in [2.24, 2.45) is 5.10 Å². The smallest absolute Gasteiger partial charge is 0.279 e. The Hall–Kier alpha value is -2.01. The Bertz CT molecular complexity index is 607. The highest BCUT2D eigenvalue weighted by Gasteiger charge is 2.32. The van der Waals surface area contributed by atoms with Crippen LogP contribution in [0.5, 0.6) is 0 Å². The van der Waals surface area contributed by atoms with Gasteiger partial charge >= 0.3 is 6.18 Å². The van der Waals surface area contributed by atoms with E-state index in [0.717, 1.165) is 12.3 Å². The summed E-state index contributed by atoms with van der Waals surface area (Å²) in [5.41, 5.74) is 2.56. The fraction of sp³-hybridized carbons (Fsp3) is 0.0714. The Morgan fingerprint density at radius 3 is 2.30 bits per heavy atom. The van der Waals surface area contributed by atoms with Crippen molar-refractivity contribution < 1.29 is 13.2 Å². The molecule has 0 aromatic heterocycles. The van der Waals surface area contributed by atoms with Crippen molar-refractivity contribution in [3.8, 4) is 0 Å². The molecule has 0 unspecified atom stereocenters. The molecule has 0 aliphatic rings. The lowest BCUT2D eigenvalue weighted by atomic mass is 10.1. The molecule has 0 radical (unpaired) electrons. The summed E-state index contributed by atoms with van der Waals surface area (Å²) < 4.78 is 38.2. The molecule has 0 atom stereocenters. The third kappa shape index (κ3) is 3.74. The lowest BCUT2D eigenvalue weighted by molar-refractivity contribution is -0.137. The minimum Gasteiger partial charge on any atom is -0.279 e. The van der Waals surface area contributed by atoms with E-state index in [2.05, 4.69) is 10.5 Å². The molecule has 0 saturated carbocycles. The molecular weight excluding hydrogens is 289 g/mol. The first-order chi connectivity index (χ1) is 9.47. The Balaban J connectivity index is 2.14. The van der Waals surface area contributed by atoms with Crippen LogP contribution in [0, 0.1) is 0 Å². The van der Waals surface area contributed by atoms with Crippen molar-refractivity contribution in [3.63, 3.8) is 0 Å². The van der Waals surface area contributed by atoms with Crippen LogP contribution in [0.3, 0.4) is 0 Å². The van der Waals surface area contributed by atoms with Crippen LogP contribution in [0.15, 0.2) is 53.6 Å². The first-order valence-corrected chi connectivity index (χ1v) is 6.05. The van der Waals surface area contributed by atoms with Gasteiger partial charge in [-0.2, -0.15) is 18.3 Å². The van der Waals surface area contributed by atoms with Crippen molar-refractivity contribution in [3.05, 3.63) is 64.7 Å². The molecule has 0 bridgehead atoms. The van der Waals surface area contributed by atoms with Gasteiger partial charge in [0.15, 0.2) is 0 Å². The summed E-state index contributed by atoms with van der Waals surface area (Å²) in [5, 5.41) is 4.37. The summed E-state index contributed by atoms with van der Waals surface area (Å²) in [6.07, 6.45) is -3.26. The molecule has 6 heteroatoms. The zero-order valence-corrected chi connectivity index (χ0v) is 10.9. The number of hydrogen-bond donors (Lipinski definition) is 1. The first-order valence-electron chi connectivity index (χ1n) is 5.68. The SMILES string of the molecule is FC(F)(F)c1ccccc1/C=N\Nc1ccc(Cl)cc1. The molecule has 2 aromatic rings. The molecule has 2 aromatic carbocycles. The summed E-state index contributed by atoms with van der Waals surface area (Å²) >= 11 is 5.72. The van der Waals surface area contributed by atoms with Gasteiger partial charge < -0.3 is 0 Å². The third-order valence-electron chi connectivity index (χ3n) is 2.51. The molecule has 2 rings (SSSR count). The van der Waals surface area contributed by atoms with E-state index in [-0.39, 0.29) is 5.56 Å². The molecule has 0 fully saturated rings. The molecule has 0 spiro atoms. The van der Waals surface area contributed by atoms with Crippen LogP contribution in [0.25, 0.3) is 0 Å². The van der Waals surface area contributed by atoms with Gasteiger partial charge in [0, 0.05) is 10.6 Å². The van der Waals surface area contributed by atoms with Gasteiger partial charge in [0.2, 0.25) is 0 Å². The Morgan fingerprint density at radius 1 is 1.00 bits per heavy atom. The first kappa shape index (κ1) is 14.4. The maximum absolute atomic E-state index is 12.7. The molecule has 1 N–H and O–H groups in total. The second kappa shape index (κ2) is 5.96. The van der Waals surface area contributed by atoms with Crippen molar-refractivity contribution in [2.45, 2.75) is 6.18 Å². The Morgan fingerprint density at radius 2 is 1.65 bits per heavy atom. The van der Waals surface area contributed by atoms with Crippen molar-refractivity contribution in [1.82, 2.24) is 0 Å². The predicted octanol–water partition coefficient (Wildman–Crippen LogP) is 4.80. The molecular formula is C14H10ClF3N2. The lowest BCUT2D eigenvalue weighted by Crippen LogP contribution is -2.08. The van der Waals surface area contributed by atoms with Gasteiger partial charge in [-0.3, -0.25) is 5.43 Å². The van der Waals surface area contributed by atoms with Gasteiger partial charge in [-0.1, -0.05) is 29.8 Å². The minimum absolute atomic E-state index is 0.00136. The maximum Gasteiger partial charge on any atom is 0.417 e. The number of hydrogen-bond acceptors (Lipinski definition) is 2. The van der Waals surface area contributed by atoms with Crippen LogP contribution in [-0.4, -0.2) is 6.21 Å². The number of halogens is 4. The van der Waals surface area contributed by atoms with Gasteiger partial charge in [-0.25, -0.2) is 0 Å². The fourth-order valence-corrected chi connectivity index (χ4v) is 1.69. The minimum atomic E-state index is -4.40. The zero-order valence-electron chi connectivity index (χ0n) is 10.2. The highest BCUT2D eigenvalue weighted by molar-refractivity contribution is 6.30. The summed E-state index contributed by atoms with van der Waals surface area (Å²) in [7, 11) is 0. The molecule has 0 heterocycles. The number of benzene rings is 2. The van der Waals surface area contributed by atoms with Crippen LogP contribution in [-0.2, 0) is 6.18 Å². The van der Waals surface area contributed by atoms with E-state index in [1.165, 1.54) is 18.2 Å². The summed E-state index contributed by atoms with van der Waals surface area (Å²) in [6, 6.07) is 11.9. The van der Waals surface area contributed by atoms with Crippen LogP contribution in [0.1, 0.15) is 11.1 Å².